The second-order valence-corrected chi connectivity index (χ2v) is 7.39. The number of amides is 1. The molecule has 0 aliphatic heterocycles. The van der Waals surface area contributed by atoms with Gasteiger partial charge >= 0.3 is 0 Å². The van der Waals surface area contributed by atoms with Gasteiger partial charge in [-0.2, -0.15) is 5.10 Å². The summed E-state index contributed by atoms with van der Waals surface area (Å²) in [6.07, 6.45) is 5.55. The van der Waals surface area contributed by atoms with Crippen LogP contribution in [-0.2, 0) is 11.3 Å². The maximum absolute atomic E-state index is 13.3. The number of rotatable bonds is 7. The number of hydrogen-bond acceptors (Lipinski definition) is 6. The normalized spacial score (nSPS) is 13.6. The third kappa shape index (κ3) is 3.57. The molecule has 1 aromatic carbocycles. The Labute approximate surface area is 172 Å². The molecule has 8 heteroatoms. The van der Waals surface area contributed by atoms with Crippen molar-refractivity contribution < 1.29 is 14.1 Å². The molecule has 8 nitrogen and oxygen atoms in total. The van der Waals surface area contributed by atoms with Gasteiger partial charge < -0.3 is 14.6 Å². The van der Waals surface area contributed by atoms with Crippen LogP contribution in [0.2, 0.25) is 0 Å². The summed E-state index contributed by atoms with van der Waals surface area (Å²) in [7, 11) is 1.64. The molecular weight excluding hydrogens is 382 g/mol. The molecular formula is C22H21N5O3. The van der Waals surface area contributed by atoms with Gasteiger partial charge in [0.1, 0.15) is 5.69 Å². The standard InChI is InChI=1S/C22H21N5O3/c1-29-10-9-27-13-16(12-23-27)24-21(28)17-11-18(14-7-8-14)25-22-19(17)20(26-30-22)15-5-3-2-4-6-15/h2-6,11-14H,7-10H2,1H3,(H,24,28). The van der Waals surface area contributed by atoms with E-state index in [1.165, 1.54) is 0 Å². The van der Waals surface area contributed by atoms with Crippen LogP contribution in [-0.4, -0.2) is 39.5 Å². The van der Waals surface area contributed by atoms with Gasteiger partial charge in [-0.25, -0.2) is 4.98 Å². The molecule has 30 heavy (non-hydrogen) atoms. The fraction of sp³-hybridized carbons (Fsp3) is 0.273. The lowest BCUT2D eigenvalue weighted by Crippen LogP contribution is -2.13. The maximum Gasteiger partial charge on any atom is 0.259 e. The van der Waals surface area contributed by atoms with Crippen LogP contribution in [0, 0.1) is 0 Å². The van der Waals surface area contributed by atoms with Crippen molar-refractivity contribution in [2.45, 2.75) is 25.3 Å². The molecule has 0 saturated heterocycles. The van der Waals surface area contributed by atoms with E-state index in [1.807, 2.05) is 36.4 Å². The fourth-order valence-electron chi connectivity index (χ4n) is 3.46. The number of hydrogen-bond donors (Lipinski definition) is 1. The van der Waals surface area contributed by atoms with E-state index < -0.39 is 0 Å². The lowest BCUT2D eigenvalue weighted by Gasteiger charge is -2.07. The summed E-state index contributed by atoms with van der Waals surface area (Å²) in [6.45, 7) is 1.16. The van der Waals surface area contributed by atoms with E-state index in [9.17, 15) is 4.79 Å². The molecule has 3 heterocycles. The summed E-state index contributed by atoms with van der Waals surface area (Å²) in [4.78, 5) is 17.9. The van der Waals surface area contributed by atoms with Gasteiger partial charge in [0.15, 0.2) is 0 Å². The van der Waals surface area contributed by atoms with E-state index in [4.69, 9.17) is 9.26 Å². The minimum absolute atomic E-state index is 0.240. The monoisotopic (exact) mass is 403 g/mol. The molecule has 1 aliphatic carbocycles. The molecule has 1 N–H and O–H groups in total. The number of benzene rings is 1. The van der Waals surface area contributed by atoms with Crippen LogP contribution in [0.15, 0.2) is 53.3 Å². The van der Waals surface area contributed by atoms with Gasteiger partial charge in [0, 0.05) is 30.5 Å². The number of methoxy groups -OCH3 is 1. The molecule has 0 bridgehead atoms. The van der Waals surface area contributed by atoms with Crippen molar-refractivity contribution in [1.82, 2.24) is 19.9 Å². The Morgan fingerprint density at radius 1 is 1.30 bits per heavy atom. The summed E-state index contributed by atoms with van der Waals surface area (Å²) in [5, 5.41) is 12.0. The first-order valence-corrected chi connectivity index (χ1v) is 9.91. The molecule has 1 fully saturated rings. The minimum Gasteiger partial charge on any atom is -0.383 e. The van der Waals surface area contributed by atoms with Crippen molar-refractivity contribution in [3.8, 4) is 11.3 Å². The highest BCUT2D eigenvalue weighted by Gasteiger charge is 2.29. The second-order valence-electron chi connectivity index (χ2n) is 7.39. The molecule has 152 valence electrons. The first-order chi connectivity index (χ1) is 14.7. The van der Waals surface area contributed by atoms with Gasteiger partial charge in [-0.3, -0.25) is 9.48 Å². The Balaban J connectivity index is 1.53. The summed E-state index contributed by atoms with van der Waals surface area (Å²) in [5.74, 6) is 0.138. The summed E-state index contributed by atoms with van der Waals surface area (Å²) in [6, 6.07) is 11.5. The Bertz CT molecular complexity index is 1190. The molecule has 1 saturated carbocycles. The number of anilines is 1. The fourth-order valence-corrected chi connectivity index (χ4v) is 3.46. The highest BCUT2D eigenvalue weighted by atomic mass is 16.5. The summed E-state index contributed by atoms with van der Waals surface area (Å²) >= 11 is 0. The predicted octanol–water partition coefficient (Wildman–Crippen LogP) is 3.86. The largest absolute Gasteiger partial charge is 0.383 e. The van der Waals surface area contributed by atoms with Crippen LogP contribution in [0.1, 0.15) is 34.8 Å². The van der Waals surface area contributed by atoms with Crippen LogP contribution >= 0.6 is 0 Å². The van der Waals surface area contributed by atoms with Gasteiger partial charge in [0.25, 0.3) is 11.6 Å². The Kier molecular flexibility index (Phi) is 4.76. The van der Waals surface area contributed by atoms with Crippen LogP contribution in [0.25, 0.3) is 22.4 Å². The molecule has 0 unspecified atom stereocenters. The van der Waals surface area contributed by atoms with E-state index in [1.54, 1.807) is 24.2 Å². The summed E-state index contributed by atoms with van der Waals surface area (Å²) in [5.41, 5.74) is 3.87. The number of carbonyl (C=O) groups excluding carboxylic acids is 1. The number of aromatic nitrogens is 4. The Hall–Kier alpha value is -3.52. The lowest BCUT2D eigenvalue weighted by atomic mass is 10.0. The van der Waals surface area contributed by atoms with Crippen molar-refractivity contribution in [2.24, 2.45) is 0 Å². The highest BCUT2D eigenvalue weighted by Crippen LogP contribution is 2.41. The van der Waals surface area contributed by atoms with Crippen LogP contribution in [0.4, 0.5) is 5.69 Å². The number of fused-ring (bicyclic) bond motifs is 1. The third-order valence-electron chi connectivity index (χ3n) is 5.17. The van der Waals surface area contributed by atoms with Crippen LogP contribution in [0.5, 0.6) is 0 Å². The van der Waals surface area contributed by atoms with E-state index in [0.29, 0.717) is 47.1 Å². The molecule has 3 aromatic heterocycles. The van der Waals surface area contributed by atoms with Gasteiger partial charge in [0.2, 0.25) is 0 Å². The first kappa shape index (κ1) is 18.5. The van der Waals surface area contributed by atoms with Crippen molar-refractivity contribution in [2.75, 3.05) is 19.0 Å². The third-order valence-corrected chi connectivity index (χ3v) is 5.17. The smallest absolute Gasteiger partial charge is 0.259 e. The second kappa shape index (κ2) is 7.72. The van der Waals surface area contributed by atoms with Crippen molar-refractivity contribution in [3.63, 3.8) is 0 Å². The lowest BCUT2D eigenvalue weighted by molar-refractivity contribution is 0.102. The zero-order valence-electron chi connectivity index (χ0n) is 16.5. The zero-order valence-corrected chi connectivity index (χ0v) is 16.5. The molecule has 0 atom stereocenters. The summed E-state index contributed by atoms with van der Waals surface area (Å²) < 4.78 is 12.3. The maximum atomic E-state index is 13.3. The minimum atomic E-state index is -0.240. The zero-order chi connectivity index (χ0) is 20.5. The first-order valence-electron chi connectivity index (χ1n) is 9.91. The van der Waals surface area contributed by atoms with Crippen LogP contribution in [0.3, 0.4) is 0 Å². The van der Waals surface area contributed by atoms with Gasteiger partial charge in [-0.1, -0.05) is 35.5 Å². The molecule has 1 amide bonds. The quantitative estimate of drug-likeness (QED) is 0.503. The van der Waals surface area contributed by atoms with E-state index in [-0.39, 0.29) is 5.91 Å². The van der Waals surface area contributed by atoms with Gasteiger partial charge in [0.05, 0.1) is 36.0 Å². The molecule has 1 aliphatic rings. The molecule has 0 spiro atoms. The van der Waals surface area contributed by atoms with Crippen molar-refractivity contribution >= 4 is 22.7 Å². The average Bonchev–Trinajstić information content (AvgIpc) is 3.39. The van der Waals surface area contributed by atoms with Crippen molar-refractivity contribution in [1.29, 1.82) is 0 Å². The van der Waals surface area contributed by atoms with E-state index in [0.717, 1.165) is 24.1 Å². The van der Waals surface area contributed by atoms with E-state index in [2.05, 4.69) is 20.6 Å². The predicted molar refractivity (Wildman–Crippen MR) is 111 cm³/mol. The highest BCUT2D eigenvalue weighted by molar-refractivity contribution is 6.14. The average molecular weight is 403 g/mol. The number of nitrogens with zero attached hydrogens (tertiary/aromatic N) is 4. The molecule has 5 rings (SSSR count). The molecule has 4 aromatic rings. The Morgan fingerprint density at radius 3 is 2.90 bits per heavy atom. The van der Waals surface area contributed by atoms with Crippen molar-refractivity contribution in [3.05, 3.63) is 60.0 Å². The van der Waals surface area contributed by atoms with Gasteiger partial charge in [-0.15, -0.1) is 0 Å². The number of nitrogens with one attached hydrogen (secondary N) is 1. The van der Waals surface area contributed by atoms with Gasteiger partial charge in [-0.05, 0) is 18.9 Å². The van der Waals surface area contributed by atoms with E-state index >= 15 is 0 Å². The SMILES string of the molecule is COCCn1cc(NC(=O)c2cc(C3CC3)nc3onc(-c4ccccc4)c23)cn1. The topological polar surface area (TPSA) is 95.1 Å². The molecule has 0 radical (unpaired) electrons. The van der Waals surface area contributed by atoms with Crippen LogP contribution < -0.4 is 5.32 Å². The number of ether oxygens (including phenoxy) is 1. The Morgan fingerprint density at radius 2 is 2.13 bits per heavy atom. The number of carbonyl (C=O) groups is 1. The number of pyridine rings is 1.